The molecule has 0 bridgehead atoms. The molecule has 0 aliphatic carbocycles. The largest absolute Gasteiger partial charge is 0.480 e. The Bertz CT molecular complexity index is 823. The summed E-state index contributed by atoms with van der Waals surface area (Å²) < 4.78 is 5.16. The summed E-state index contributed by atoms with van der Waals surface area (Å²) in [5, 5.41) is 2.64. The van der Waals surface area contributed by atoms with Crippen molar-refractivity contribution in [2.75, 3.05) is 0 Å². The molecular weight excluding hydrogens is 335 g/mol. The minimum Gasteiger partial charge on any atom is -0.480 e. The molecule has 136 valence electrons. The molecule has 0 aromatic heterocycles. The Morgan fingerprint density at radius 2 is 1.35 bits per heavy atom. The average Bonchev–Trinajstić information content (AvgIpc) is 2.70. The third kappa shape index (κ3) is 5.08. The summed E-state index contributed by atoms with van der Waals surface area (Å²) in [6.45, 7) is 2.27. The molecule has 0 saturated carbocycles. The van der Waals surface area contributed by atoms with Gasteiger partial charge in [0.1, 0.15) is 5.75 Å². The first-order valence-electron chi connectivity index (χ1n) is 9.80. The van der Waals surface area contributed by atoms with Crippen LogP contribution < -0.4 is 4.52 Å². The van der Waals surface area contributed by atoms with Crippen LogP contribution in [0.15, 0.2) is 60.7 Å². The highest BCUT2D eigenvalue weighted by Crippen LogP contribution is 2.27. The second-order valence-corrected chi connectivity index (χ2v) is 7.29. The molecule has 0 N–H and O–H groups in total. The van der Waals surface area contributed by atoms with Gasteiger partial charge in [-0.25, -0.2) is 0 Å². The van der Waals surface area contributed by atoms with Crippen molar-refractivity contribution in [3.8, 4) is 16.9 Å². The molecule has 1 atom stereocenters. The smallest absolute Gasteiger partial charge is 0.122 e. The minimum absolute atomic E-state index is 0.860. The predicted molar refractivity (Wildman–Crippen MR) is 117 cm³/mol. The monoisotopic (exact) mass is 364 g/mol. The third-order valence-corrected chi connectivity index (χ3v) is 5.32. The number of hydrogen-bond acceptors (Lipinski definition) is 1. The number of fused-ring (bicyclic) bond motifs is 1. The van der Waals surface area contributed by atoms with E-state index >= 15 is 0 Å². The van der Waals surface area contributed by atoms with Gasteiger partial charge in [0.05, 0.1) is 9.47 Å². The van der Waals surface area contributed by atoms with E-state index in [0.717, 1.165) is 5.75 Å². The molecule has 0 aliphatic rings. The van der Waals surface area contributed by atoms with Crippen molar-refractivity contribution in [3.63, 3.8) is 0 Å². The Kier molecular flexibility index (Phi) is 7.09. The second-order valence-electron chi connectivity index (χ2n) is 7.06. The molecule has 3 aromatic rings. The fraction of sp³-hybridized carbons (Fsp3) is 0.333. The number of aryl methyl sites for hydroxylation is 1. The highest BCUT2D eigenvalue weighted by atomic mass is 31.0. The van der Waals surface area contributed by atoms with Crippen LogP contribution in [0.2, 0.25) is 0 Å². The first-order chi connectivity index (χ1) is 12.8. The van der Waals surface area contributed by atoms with Crippen molar-refractivity contribution in [3.05, 3.63) is 66.2 Å². The zero-order valence-electron chi connectivity index (χ0n) is 15.7. The second kappa shape index (κ2) is 9.74. The van der Waals surface area contributed by atoms with Crippen molar-refractivity contribution in [1.82, 2.24) is 0 Å². The Labute approximate surface area is 160 Å². The van der Waals surface area contributed by atoms with Crippen LogP contribution in [0, 0.1) is 0 Å². The molecule has 0 aliphatic heterocycles. The molecule has 3 aromatic carbocycles. The standard InChI is InChI=1S/C24H29OP/c1-2-3-4-5-6-7-8-19-9-10-23-18-22(12-11-21(23)17-19)20-13-15-24(25-26)16-14-20/h9-18H,2-8,26H2,1H3. The number of rotatable bonds is 9. The fourth-order valence-corrected chi connectivity index (χ4v) is 3.62. The van der Waals surface area contributed by atoms with Crippen molar-refractivity contribution in [2.45, 2.75) is 51.9 Å². The van der Waals surface area contributed by atoms with E-state index in [1.807, 2.05) is 12.1 Å². The summed E-state index contributed by atoms with van der Waals surface area (Å²) in [5.41, 5.74) is 3.92. The maximum Gasteiger partial charge on any atom is 0.122 e. The van der Waals surface area contributed by atoms with Gasteiger partial charge in [0.15, 0.2) is 0 Å². The molecule has 3 rings (SSSR count). The molecule has 1 nitrogen and oxygen atoms in total. The highest BCUT2D eigenvalue weighted by molar-refractivity contribution is 7.10. The van der Waals surface area contributed by atoms with Crippen molar-refractivity contribution in [2.24, 2.45) is 0 Å². The lowest BCUT2D eigenvalue weighted by Crippen LogP contribution is -1.87. The van der Waals surface area contributed by atoms with Crippen LogP contribution in [-0.4, -0.2) is 0 Å². The molecule has 0 saturated heterocycles. The lowest BCUT2D eigenvalue weighted by molar-refractivity contribution is 0.607. The van der Waals surface area contributed by atoms with Crippen LogP contribution in [0.4, 0.5) is 0 Å². The van der Waals surface area contributed by atoms with Gasteiger partial charge in [0.2, 0.25) is 0 Å². The van der Waals surface area contributed by atoms with Gasteiger partial charge in [-0.2, -0.15) is 0 Å². The molecule has 26 heavy (non-hydrogen) atoms. The third-order valence-electron chi connectivity index (χ3n) is 5.05. The summed E-state index contributed by atoms with van der Waals surface area (Å²) in [4.78, 5) is 0. The molecule has 0 amide bonds. The summed E-state index contributed by atoms with van der Waals surface area (Å²) in [5.74, 6) is 0.860. The number of unbranched alkanes of at least 4 members (excludes halogenated alkanes) is 5. The lowest BCUT2D eigenvalue weighted by atomic mass is 9.98. The van der Waals surface area contributed by atoms with E-state index in [2.05, 4.69) is 64.9 Å². The fourth-order valence-electron chi connectivity index (χ4n) is 3.47. The van der Waals surface area contributed by atoms with Gasteiger partial charge in [-0.1, -0.05) is 81.5 Å². The average molecular weight is 364 g/mol. The zero-order chi connectivity index (χ0) is 18.2. The summed E-state index contributed by atoms with van der Waals surface area (Å²) in [7, 11) is 2.28. The Balaban J connectivity index is 1.65. The van der Waals surface area contributed by atoms with Crippen molar-refractivity contribution in [1.29, 1.82) is 0 Å². The van der Waals surface area contributed by atoms with Gasteiger partial charge in [-0.05, 0) is 58.5 Å². The summed E-state index contributed by atoms with van der Waals surface area (Å²) >= 11 is 0. The van der Waals surface area contributed by atoms with Crippen molar-refractivity contribution >= 4 is 20.2 Å². The van der Waals surface area contributed by atoms with Gasteiger partial charge >= 0.3 is 0 Å². The first-order valence-corrected chi connectivity index (χ1v) is 10.3. The normalized spacial score (nSPS) is 11.0. The van der Waals surface area contributed by atoms with Crippen LogP contribution in [-0.2, 0) is 6.42 Å². The van der Waals surface area contributed by atoms with Crippen LogP contribution in [0.25, 0.3) is 21.9 Å². The van der Waals surface area contributed by atoms with E-state index < -0.39 is 0 Å². The SMILES string of the molecule is CCCCCCCCc1ccc2cc(-c3ccc(OP)cc3)ccc2c1. The van der Waals surface area contributed by atoms with Gasteiger partial charge in [0.25, 0.3) is 0 Å². The van der Waals surface area contributed by atoms with Crippen LogP contribution >= 0.6 is 9.47 Å². The lowest BCUT2D eigenvalue weighted by Gasteiger charge is -2.08. The van der Waals surface area contributed by atoms with E-state index in [-0.39, 0.29) is 0 Å². The van der Waals surface area contributed by atoms with E-state index in [4.69, 9.17) is 4.52 Å². The molecule has 2 heteroatoms. The van der Waals surface area contributed by atoms with Crippen LogP contribution in [0.1, 0.15) is 51.0 Å². The molecular formula is C24H29OP. The maximum absolute atomic E-state index is 5.16. The van der Waals surface area contributed by atoms with E-state index in [1.165, 1.54) is 72.4 Å². The minimum atomic E-state index is 0.860. The number of benzene rings is 3. The van der Waals surface area contributed by atoms with Gasteiger partial charge in [-0.3, -0.25) is 0 Å². The number of hydrogen-bond donors (Lipinski definition) is 0. The maximum atomic E-state index is 5.16. The summed E-state index contributed by atoms with van der Waals surface area (Å²) in [6, 6.07) is 21.9. The van der Waals surface area contributed by atoms with Crippen LogP contribution in [0.3, 0.4) is 0 Å². The van der Waals surface area contributed by atoms with E-state index in [9.17, 15) is 0 Å². The van der Waals surface area contributed by atoms with Gasteiger partial charge in [0, 0.05) is 0 Å². The quantitative estimate of drug-likeness (QED) is 0.281. The van der Waals surface area contributed by atoms with E-state index in [0.29, 0.717) is 0 Å². The highest BCUT2D eigenvalue weighted by Gasteiger charge is 2.02. The zero-order valence-corrected chi connectivity index (χ0v) is 16.9. The molecule has 0 radical (unpaired) electrons. The van der Waals surface area contributed by atoms with E-state index in [1.54, 1.807) is 0 Å². The van der Waals surface area contributed by atoms with Crippen LogP contribution in [0.5, 0.6) is 5.75 Å². The Hall–Kier alpha value is -1.85. The van der Waals surface area contributed by atoms with Gasteiger partial charge in [-0.15, -0.1) is 0 Å². The predicted octanol–water partition coefficient (Wildman–Crippen LogP) is 7.58. The molecule has 0 spiro atoms. The Morgan fingerprint density at radius 1 is 0.692 bits per heavy atom. The van der Waals surface area contributed by atoms with Crippen molar-refractivity contribution < 1.29 is 4.52 Å². The topological polar surface area (TPSA) is 9.23 Å². The molecule has 1 unspecified atom stereocenters. The summed E-state index contributed by atoms with van der Waals surface area (Å²) in [6.07, 6.45) is 9.32. The van der Waals surface area contributed by atoms with Gasteiger partial charge < -0.3 is 4.52 Å². The first kappa shape index (κ1) is 18.9. The Morgan fingerprint density at radius 3 is 2.12 bits per heavy atom. The molecule has 0 heterocycles. The molecule has 0 fully saturated rings.